The molecule has 0 bridgehead atoms. The second kappa shape index (κ2) is 4.33. The predicted molar refractivity (Wildman–Crippen MR) is 63.6 cm³/mol. The first kappa shape index (κ1) is 10.7. The van der Waals surface area contributed by atoms with Gasteiger partial charge in [-0.15, -0.1) is 11.3 Å². The third-order valence-electron chi connectivity index (χ3n) is 2.20. The molecule has 2 aromatic rings. The van der Waals surface area contributed by atoms with Crippen LogP contribution in [0.15, 0.2) is 24.3 Å². The second-order valence-electron chi connectivity index (χ2n) is 3.22. The van der Waals surface area contributed by atoms with Crippen LogP contribution in [0, 0.1) is 18.3 Å². The Kier molecular flexibility index (Phi) is 2.88. The van der Waals surface area contributed by atoms with Gasteiger partial charge in [0.15, 0.2) is 0 Å². The molecule has 1 aromatic carbocycles. The lowest BCUT2D eigenvalue weighted by molar-refractivity contribution is 0.416. The lowest BCUT2D eigenvalue weighted by Gasteiger charge is -2.05. The van der Waals surface area contributed by atoms with E-state index in [0.717, 1.165) is 16.3 Å². The van der Waals surface area contributed by atoms with Gasteiger partial charge in [-0.05, 0) is 19.1 Å². The fourth-order valence-corrected chi connectivity index (χ4v) is 2.26. The van der Waals surface area contributed by atoms with Crippen molar-refractivity contribution in [3.05, 3.63) is 34.2 Å². The molecule has 2 rings (SSSR count). The van der Waals surface area contributed by atoms with Gasteiger partial charge in [0.2, 0.25) is 0 Å². The quantitative estimate of drug-likeness (QED) is 0.796. The minimum atomic E-state index is 0.627. The lowest BCUT2D eigenvalue weighted by Crippen LogP contribution is -1.89. The van der Waals surface area contributed by atoms with Crippen molar-refractivity contribution >= 4 is 11.3 Å². The molecule has 4 heteroatoms. The minimum Gasteiger partial charge on any atom is -0.496 e. The van der Waals surface area contributed by atoms with Crippen LogP contribution >= 0.6 is 11.3 Å². The zero-order chi connectivity index (χ0) is 11.5. The van der Waals surface area contributed by atoms with Gasteiger partial charge in [0, 0.05) is 5.56 Å². The minimum absolute atomic E-state index is 0.627. The standard InChI is InChI=1S/C12H10N2OS/c1-8-14-12(11(7-13)16-8)9-5-3-4-6-10(9)15-2/h3-6H,1-2H3. The van der Waals surface area contributed by atoms with Crippen LogP contribution < -0.4 is 4.74 Å². The molecule has 0 radical (unpaired) electrons. The monoisotopic (exact) mass is 230 g/mol. The Hall–Kier alpha value is -1.86. The molecule has 16 heavy (non-hydrogen) atoms. The SMILES string of the molecule is COc1ccccc1-c1nc(C)sc1C#N. The summed E-state index contributed by atoms with van der Waals surface area (Å²) >= 11 is 1.40. The Balaban J connectivity index is 2.63. The van der Waals surface area contributed by atoms with Gasteiger partial charge in [-0.2, -0.15) is 5.26 Å². The van der Waals surface area contributed by atoms with Gasteiger partial charge in [0.25, 0.3) is 0 Å². The van der Waals surface area contributed by atoms with E-state index in [-0.39, 0.29) is 0 Å². The summed E-state index contributed by atoms with van der Waals surface area (Å²) in [4.78, 5) is 5.00. The van der Waals surface area contributed by atoms with Crippen LogP contribution in [0.5, 0.6) is 5.75 Å². The highest BCUT2D eigenvalue weighted by Gasteiger charge is 2.14. The second-order valence-corrected chi connectivity index (χ2v) is 4.43. The molecule has 0 saturated carbocycles. The summed E-state index contributed by atoms with van der Waals surface area (Å²) in [5.41, 5.74) is 1.58. The highest BCUT2D eigenvalue weighted by atomic mass is 32.1. The first-order valence-electron chi connectivity index (χ1n) is 4.77. The Bertz CT molecular complexity index is 554. The van der Waals surface area contributed by atoms with E-state index in [1.54, 1.807) is 7.11 Å². The molecule has 3 nitrogen and oxygen atoms in total. The van der Waals surface area contributed by atoms with E-state index in [2.05, 4.69) is 11.1 Å². The Morgan fingerprint density at radius 3 is 2.81 bits per heavy atom. The number of aryl methyl sites for hydroxylation is 1. The van der Waals surface area contributed by atoms with Crippen molar-refractivity contribution in [1.29, 1.82) is 5.26 Å². The normalized spacial score (nSPS) is 9.81. The smallest absolute Gasteiger partial charge is 0.133 e. The van der Waals surface area contributed by atoms with Crippen LogP contribution in [0.3, 0.4) is 0 Å². The predicted octanol–water partition coefficient (Wildman–Crippen LogP) is 3.00. The molecular formula is C12H10N2OS. The van der Waals surface area contributed by atoms with Crippen molar-refractivity contribution in [1.82, 2.24) is 4.98 Å². The number of nitrogens with zero attached hydrogens (tertiary/aromatic N) is 2. The number of thiazole rings is 1. The largest absolute Gasteiger partial charge is 0.496 e. The fraction of sp³-hybridized carbons (Fsp3) is 0.167. The molecule has 80 valence electrons. The molecule has 0 aliphatic carbocycles. The summed E-state index contributed by atoms with van der Waals surface area (Å²) < 4.78 is 5.26. The van der Waals surface area contributed by atoms with E-state index < -0.39 is 0 Å². The van der Waals surface area contributed by atoms with Gasteiger partial charge < -0.3 is 4.74 Å². The summed E-state index contributed by atoms with van der Waals surface area (Å²) in [6.07, 6.45) is 0. The summed E-state index contributed by atoms with van der Waals surface area (Å²) in [6.45, 7) is 1.89. The van der Waals surface area contributed by atoms with Crippen molar-refractivity contribution in [2.45, 2.75) is 6.92 Å². The Morgan fingerprint density at radius 2 is 2.12 bits per heavy atom. The summed E-state index contributed by atoms with van der Waals surface area (Å²) in [5, 5.41) is 9.92. The molecule has 0 unspecified atom stereocenters. The van der Waals surface area contributed by atoms with Crippen LogP contribution in [-0.4, -0.2) is 12.1 Å². The first-order valence-corrected chi connectivity index (χ1v) is 5.59. The number of rotatable bonds is 2. The van der Waals surface area contributed by atoms with Gasteiger partial charge in [-0.25, -0.2) is 4.98 Å². The molecule has 0 N–H and O–H groups in total. The van der Waals surface area contributed by atoms with E-state index in [1.165, 1.54) is 11.3 Å². The van der Waals surface area contributed by atoms with Crippen molar-refractivity contribution < 1.29 is 4.74 Å². The van der Waals surface area contributed by atoms with Crippen LogP contribution in [0.25, 0.3) is 11.3 Å². The van der Waals surface area contributed by atoms with E-state index in [4.69, 9.17) is 10.00 Å². The van der Waals surface area contributed by atoms with Crippen molar-refractivity contribution in [3.63, 3.8) is 0 Å². The van der Waals surface area contributed by atoms with Crippen molar-refractivity contribution in [2.75, 3.05) is 7.11 Å². The van der Waals surface area contributed by atoms with Crippen molar-refractivity contribution in [3.8, 4) is 23.1 Å². The molecular weight excluding hydrogens is 220 g/mol. The molecule has 1 aromatic heterocycles. The van der Waals surface area contributed by atoms with Crippen LogP contribution in [0.2, 0.25) is 0 Å². The molecule has 0 saturated heterocycles. The summed E-state index contributed by atoms with van der Waals surface area (Å²) in [6, 6.07) is 9.75. The lowest BCUT2D eigenvalue weighted by atomic mass is 10.1. The van der Waals surface area contributed by atoms with E-state index in [9.17, 15) is 0 Å². The van der Waals surface area contributed by atoms with Crippen molar-refractivity contribution in [2.24, 2.45) is 0 Å². The highest BCUT2D eigenvalue weighted by Crippen LogP contribution is 2.33. The van der Waals surface area contributed by atoms with Crippen LogP contribution in [0.1, 0.15) is 9.88 Å². The number of hydrogen-bond acceptors (Lipinski definition) is 4. The molecule has 0 fully saturated rings. The van der Waals surface area contributed by atoms with Crippen LogP contribution in [-0.2, 0) is 0 Å². The average molecular weight is 230 g/mol. The summed E-state index contributed by atoms with van der Waals surface area (Å²) in [7, 11) is 1.62. The number of hydrogen-bond donors (Lipinski definition) is 0. The number of para-hydroxylation sites is 1. The van der Waals surface area contributed by atoms with E-state index >= 15 is 0 Å². The maximum absolute atomic E-state index is 9.04. The zero-order valence-corrected chi connectivity index (χ0v) is 9.84. The molecule has 1 heterocycles. The third-order valence-corrected chi connectivity index (χ3v) is 3.07. The number of ether oxygens (including phenoxy) is 1. The first-order chi connectivity index (χ1) is 7.76. The fourth-order valence-electron chi connectivity index (χ4n) is 1.53. The van der Waals surface area contributed by atoms with Gasteiger partial charge in [-0.1, -0.05) is 12.1 Å². The van der Waals surface area contributed by atoms with Crippen LogP contribution in [0.4, 0.5) is 0 Å². The highest BCUT2D eigenvalue weighted by molar-refractivity contribution is 7.12. The van der Waals surface area contributed by atoms with Gasteiger partial charge in [0.1, 0.15) is 22.4 Å². The number of nitriles is 1. The number of benzene rings is 1. The maximum atomic E-state index is 9.04. The Morgan fingerprint density at radius 1 is 1.38 bits per heavy atom. The molecule has 0 aliphatic heterocycles. The van der Waals surface area contributed by atoms with Gasteiger partial charge in [-0.3, -0.25) is 0 Å². The molecule has 0 aliphatic rings. The van der Waals surface area contributed by atoms with Gasteiger partial charge >= 0.3 is 0 Å². The summed E-state index contributed by atoms with van der Waals surface area (Å²) in [5.74, 6) is 0.740. The molecule has 0 spiro atoms. The van der Waals surface area contributed by atoms with E-state index in [1.807, 2.05) is 31.2 Å². The van der Waals surface area contributed by atoms with E-state index in [0.29, 0.717) is 10.6 Å². The zero-order valence-electron chi connectivity index (χ0n) is 9.02. The maximum Gasteiger partial charge on any atom is 0.133 e. The third kappa shape index (κ3) is 1.77. The topological polar surface area (TPSA) is 45.9 Å². The van der Waals surface area contributed by atoms with Gasteiger partial charge in [0.05, 0.1) is 12.1 Å². The number of aromatic nitrogens is 1. The Labute approximate surface area is 97.9 Å². The molecule has 0 atom stereocenters. The average Bonchev–Trinajstić information content (AvgIpc) is 2.70. The molecule has 0 amide bonds. The number of methoxy groups -OCH3 is 1.